The van der Waals surface area contributed by atoms with Gasteiger partial charge >= 0.3 is 0 Å². The molecule has 0 aliphatic carbocycles. The van der Waals surface area contributed by atoms with Gasteiger partial charge in [-0.3, -0.25) is 10.2 Å². The van der Waals surface area contributed by atoms with Gasteiger partial charge in [0.25, 0.3) is 0 Å². The smallest absolute Gasteiger partial charge is 0.226 e. The summed E-state index contributed by atoms with van der Waals surface area (Å²) in [6.07, 6.45) is 0.325. The molecule has 4 heteroatoms. The Hall–Kier alpha value is -1.77. The molecule has 1 amide bonds. The average Bonchev–Trinajstić information content (AvgIpc) is 2.29. The number of thiocarbonyl (C=S) groups is 1. The zero-order valence-corrected chi connectivity index (χ0v) is 9.30. The lowest BCUT2D eigenvalue weighted by atomic mass is 9.86. The van der Waals surface area contributed by atoms with Crippen molar-refractivity contribution in [2.75, 3.05) is 0 Å². The second kappa shape index (κ2) is 4.39. The molecule has 1 heterocycles. The van der Waals surface area contributed by atoms with Crippen molar-refractivity contribution in [1.29, 1.82) is 5.41 Å². The van der Waals surface area contributed by atoms with Crippen LogP contribution in [0.1, 0.15) is 17.9 Å². The Morgan fingerprint density at radius 2 is 2.06 bits per heavy atom. The molecule has 2 N–H and O–H groups in total. The summed E-state index contributed by atoms with van der Waals surface area (Å²) in [4.78, 5) is 11.7. The van der Waals surface area contributed by atoms with E-state index < -0.39 is 0 Å². The molecule has 0 spiro atoms. The van der Waals surface area contributed by atoms with E-state index in [-0.39, 0.29) is 11.8 Å². The first-order valence-corrected chi connectivity index (χ1v) is 5.32. The van der Waals surface area contributed by atoms with E-state index in [0.717, 1.165) is 5.56 Å². The summed E-state index contributed by atoms with van der Waals surface area (Å²) < 4.78 is 0. The molecule has 1 aromatic carbocycles. The molecule has 16 heavy (non-hydrogen) atoms. The minimum atomic E-state index is -0.139. The predicted octanol–water partition coefficient (Wildman–Crippen LogP) is 1.79. The summed E-state index contributed by atoms with van der Waals surface area (Å²) in [5.41, 5.74) is 1.58. The van der Waals surface area contributed by atoms with Gasteiger partial charge < -0.3 is 5.32 Å². The van der Waals surface area contributed by atoms with Gasteiger partial charge in [-0.15, -0.1) is 0 Å². The molecule has 3 nitrogen and oxygen atoms in total. The third kappa shape index (κ3) is 1.94. The highest BCUT2D eigenvalue weighted by atomic mass is 32.1. The highest BCUT2D eigenvalue weighted by Gasteiger charge is 2.29. The van der Waals surface area contributed by atoms with E-state index in [2.05, 4.69) is 11.2 Å². The van der Waals surface area contributed by atoms with E-state index in [1.165, 1.54) is 0 Å². The minimum absolute atomic E-state index is 0.0992. The quantitative estimate of drug-likeness (QED) is 0.439. The van der Waals surface area contributed by atoms with Crippen molar-refractivity contribution in [3.8, 4) is 0 Å². The predicted molar refractivity (Wildman–Crippen MR) is 65.8 cm³/mol. The maximum absolute atomic E-state index is 11.4. The first-order chi connectivity index (χ1) is 7.72. The fraction of sp³-hybridized carbons (Fsp3) is 0.167. The number of carbonyl (C=O) groups is 1. The molecule has 0 saturated carbocycles. The topological polar surface area (TPSA) is 53.0 Å². The van der Waals surface area contributed by atoms with Crippen LogP contribution in [0.3, 0.4) is 0 Å². The Labute approximate surface area is 98.7 Å². The van der Waals surface area contributed by atoms with E-state index in [1.54, 1.807) is 0 Å². The lowest BCUT2D eigenvalue weighted by Crippen LogP contribution is -2.38. The molecule has 1 aromatic rings. The van der Waals surface area contributed by atoms with Crippen LogP contribution in [0.5, 0.6) is 0 Å². The maximum atomic E-state index is 11.4. The summed E-state index contributed by atoms with van der Waals surface area (Å²) in [7, 11) is 0. The van der Waals surface area contributed by atoms with E-state index in [9.17, 15) is 4.79 Å². The van der Waals surface area contributed by atoms with Gasteiger partial charge in [0.15, 0.2) is 0 Å². The molecule has 0 aromatic heterocycles. The van der Waals surface area contributed by atoms with Gasteiger partial charge in [-0.1, -0.05) is 42.5 Å². The highest BCUT2D eigenvalue weighted by molar-refractivity contribution is 7.80. The maximum Gasteiger partial charge on any atom is 0.226 e. The number of benzene rings is 1. The molecule has 2 rings (SSSR count). The van der Waals surface area contributed by atoms with Gasteiger partial charge in [0.1, 0.15) is 4.99 Å². The Morgan fingerprint density at radius 1 is 1.38 bits per heavy atom. The fourth-order valence-corrected chi connectivity index (χ4v) is 2.11. The summed E-state index contributed by atoms with van der Waals surface area (Å²) in [5, 5.41) is 9.80. The van der Waals surface area contributed by atoms with Gasteiger partial charge in [0.05, 0.1) is 5.57 Å². The zero-order chi connectivity index (χ0) is 11.5. The van der Waals surface area contributed by atoms with Crippen LogP contribution in [-0.4, -0.2) is 16.8 Å². The largest absolute Gasteiger partial charge is 0.316 e. The number of amides is 1. The molecule has 1 saturated heterocycles. The van der Waals surface area contributed by atoms with Crippen LogP contribution in [0.25, 0.3) is 0 Å². The number of piperidine rings is 1. The minimum Gasteiger partial charge on any atom is -0.316 e. The van der Waals surface area contributed by atoms with Crippen LogP contribution in [0, 0.1) is 5.41 Å². The molecule has 1 atom stereocenters. The Bertz CT molecular complexity index is 489. The molecule has 80 valence electrons. The second-order valence-corrected chi connectivity index (χ2v) is 3.99. The summed E-state index contributed by atoms with van der Waals surface area (Å²) >= 11 is 5.03. The van der Waals surface area contributed by atoms with Gasteiger partial charge in [-0.05, 0) is 11.4 Å². The first-order valence-electron chi connectivity index (χ1n) is 4.91. The summed E-state index contributed by atoms with van der Waals surface area (Å²) in [6, 6.07) is 9.60. The number of rotatable bonds is 1. The van der Waals surface area contributed by atoms with Crippen LogP contribution >= 0.6 is 12.2 Å². The van der Waals surface area contributed by atoms with Crippen molar-refractivity contribution < 1.29 is 4.79 Å². The van der Waals surface area contributed by atoms with E-state index in [0.29, 0.717) is 17.0 Å². The molecule has 1 unspecified atom stereocenters. The Morgan fingerprint density at radius 3 is 2.69 bits per heavy atom. The zero-order valence-electron chi connectivity index (χ0n) is 8.49. The monoisotopic (exact) mass is 230 g/mol. The van der Waals surface area contributed by atoms with Crippen LogP contribution in [0.4, 0.5) is 0 Å². The van der Waals surface area contributed by atoms with Crippen molar-refractivity contribution in [3.05, 3.63) is 41.5 Å². The van der Waals surface area contributed by atoms with E-state index in [4.69, 9.17) is 17.6 Å². The third-order valence-electron chi connectivity index (χ3n) is 2.57. The molecule has 0 bridgehead atoms. The SMILES string of the molecule is N=C=C1C(=S)NC(=O)CC1c1ccccc1. The van der Waals surface area contributed by atoms with Crippen molar-refractivity contribution in [3.63, 3.8) is 0 Å². The molecular formula is C12H10N2OS. The van der Waals surface area contributed by atoms with Crippen molar-refractivity contribution in [1.82, 2.24) is 5.32 Å². The van der Waals surface area contributed by atoms with Gasteiger partial charge in [0, 0.05) is 12.3 Å². The van der Waals surface area contributed by atoms with Crippen LogP contribution < -0.4 is 5.32 Å². The Balaban J connectivity index is 2.42. The van der Waals surface area contributed by atoms with Crippen LogP contribution in [0.15, 0.2) is 35.9 Å². The number of hydrogen-bond acceptors (Lipinski definition) is 3. The third-order valence-corrected chi connectivity index (χ3v) is 2.89. The summed E-state index contributed by atoms with van der Waals surface area (Å²) in [6.45, 7) is 0. The number of nitrogens with one attached hydrogen (secondary N) is 2. The number of hydrogen-bond donors (Lipinski definition) is 2. The molecular weight excluding hydrogens is 220 g/mol. The van der Waals surface area contributed by atoms with Gasteiger partial charge in [-0.2, -0.15) is 0 Å². The van der Waals surface area contributed by atoms with E-state index >= 15 is 0 Å². The average molecular weight is 230 g/mol. The van der Waals surface area contributed by atoms with E-state index in [1.807, 2.05) is 30.3 Å². The van der Waals surface area contributed by atoms with Crippen LogP contribution in [-0.2, 0) is 4.79 Å². The molecule has 1 fully saturated rings. The second-order valence-electron chi connectivity index (χ2n) is 3.58. The summed E-state index contributed by atoms with van der Waals surface area (Å²) in [5.74, 6) is 2.10. The number of carbonyl (C=O) groups excluding carboxylic acids is 1. The van der Waals surface area contributed by atoms with Crippen molar-refractivity contribution in [2.45, 2.75) is 12.3 Å². The van der Waals surface area contributed by atoms with Gasteiger partial charge in [0.2, 0.25) is 5.91 Å². The lowest BCUT2D eigenvalue weighted by Gasteiger charge is -2.24. The highest BCUT2D eigenvalue weighted by Crippen LogP contribution is 2.29. The normalized spacial score (nSPS) is 20.2. The van der Waals surface area contributed by atoms with Crippen molar-refractivity contribution in [2.24, 2.45) is 0 Å². The molecule has 1 aliphatic rings. The van der Waals surface area contributed by atoms with Gasteiger partial charge in [-0.25, -0.2) is 0 Å². The lowest BCUT2D eigenvalue weighted by molar-refractivity contribution is -0.120. The van der Waals surface area contributed by atoms with Crippen molar-refractivity contribution >= 4 is 29.0 Å². The fourth-order valence-electron chi connectivity index (χ4n) is 1.80. The van der Waals surface area contributed by atoms with Crippen LogP contribution in [0.2, 0.25) is 0 Å². The molecule has 1 aliphatic heterocycles. The molecule has 0 radical (unpaired) electrons. The first kappa shape index (κ1) is 10.7. The standard InChI is InChI=1S/C12H10N2OS/c13-7-10-9(6-11(15)14-12(10)16)8-4-2-1-3-5-8/h1-5,9,13H,6H2,(H,14,15,16). The Kier molecular flexibility index (Phi) is 2.95.